The van der Waals surface area contributed by atoms with Gasteiger partial charge in [0, 0.05) is 23.1 Å². The van der Waals surface area contributed by atoms with Crippen molar-refractivity contribution in [1.82, 2.24) is 9.97 Å². The van der Waals surface area contributed by atoms with Gasteiger partial charge in [-0.3, -0.25) is 0 Å². The number of methoxy groups -OCH3 is 3. The van der Waals surface area contributed by atoms with Crippen LogP contribution in [0, 0.1) is 0 Å². The molecular weight excluding hydrogens is 418 g/mol. The van der Waals surface area contributed by atoms with Crippen LogP contribution in [0.4, 0.5) is 34.6 Å². The fourth-order valence-electron chi connectivity index (χ4n) is 3.08. The molecule has 0 fully saturated rings. The topological polar surface area (TPSA) is 89.6 Å². The molecule has 8 heteroatoms. The van der Waals surface area contributed by atoms with Gasteiger partial charge in [-0.05, 0) is 72.8 Å². The highest BCUT2D eigenvalue weighted by molar-refractivity contribution is 5.67. The molecule has 0 saturated carbocycles. The summed E-state index contributed by atoms with van der Waals surface area (Å²) in [6.07, 6.45) is 0. The Morgan fingerprint density at radius 3 is 1.15 bits per heavy atom. The molecule has 4 rings (SSSR count). The van der Waals surface area contributed by atoms with Crippen molar-refractivity contribution in [2.75, 3.05) is 37.3 Å². The Morgan fingerprint density at radius 2 is 0.818 bits per heavy atom. The lowest BCUT2D eigenvalue weighted by Gasteiger charge is -2.13. The third-order valence-corrected chi connectivity index (χ3v) is 4.80. The van der Waals surface area contributed by atoms with Gasteiger partial charge in [-0.15, -0.1) is 0 Å². The van der Waals surface area contributed by atoms with E-state index < -0.39 is 0 Å². The molecule has 0 radical (unpaired) electrons. The van der Waals surface area contributed by atoms with E-state index in [2.05, 4.69) is 25.9 Å². The van der Waals surface area contributed by atoms with Crippen LogP contribution in [0.15, 0.2) is 78.9 Å². The van der Waals surface area contributed by atoms with Crippen LogP contribution >= 0.6 is 0 Å². The van der Waals surface area contributed by atoms with E-state index in [1.165, 1.54) is 0 Å². The summed E-state index contributed by atoms with van der Waals surface area (Å²) in [6.45, 7) is 0. The lowest BCUT2D eigenvalue weighted by atomic mass is 10.3. The maximum Gasteiger partial charge on any atom is 0.231 e. The largest absolute Gasteiger partial charge is 0.497 e. The standard InChI is InChI=1S/C25H25N5O3/c1-31-20-10-4-17(5-11-20)26-23-16-24(27-18-6-12-21(32-2)13-7-18)30-25(29-23)28-19-8-14-22(33-3)15-9-19/h4-16H,1-3H3,(H3,26,27,28,29,30). The molecule has 1 heterocycles. The quantitative estimate of drug-likeness (QED) is 0.302. The van der Waals surface area contributed by atoms with Crippen LogP contribution in [0.5, 0.6) is 17.2 Å². The third-order valence-electron chi connectivity index (χ3n) is 4.80. The van der Waals surface area contributed by atoms with E-state index in [9.17, 15) is 0 Å². The van der Waals surface area contributed by atoms with Crippen LogP contribution in [-0.4, -0.2) is 31.3 Å². The van der Waals surface area contributed by atoms with E-state index >= 15 is 0 Å². The fourth-order valence-corrected chi connectivity index (χ4v) is 3.08. The second-order valence-electron chi connectivity index (χ2n) is 7.02. The molecule has 0 spiro atoms. The molecule has 0 aliphatic rings. The number of hydrogen-bond acceptors (Lipinski definition) is 8. The van der Waals surface area contributed by atoms with Crippen molar-refractivity contribution in [1.29, 1.82) is 0 Å². The zero-order valence-electron chi connectivity index (χ0n) is 18.6. The number of benzene rings is 3. The lowest BCUT2D eigenvalue weighted by molar-refractivity contribution is 0.415. The predicted octanol–water partition coefficient (Wildman–Crippen LogP) is 5.73. The van der Waals surface area contributed by atoms with Crippen LogP contribution < -0.4 is 30.2 Å². The first-order valence-corrected chi connectivity index (χ1v) is 10.3. The monoisotopic (exact) mass is 443 g/mol. The van der Waals surface area contributed by atoms with Gasteiger partial charge < -0.3 is 30.2 Å². The summed E-state index contributed by atoms with van der Waals surface area (Å²) in [4.78, 5) is 9.24. The average molecular weight is 444 g/mol. The summed E-state index contributed by atoms with van der Waals surface area (Å²) in [6, 6.07) is 24.6. The molecular formula is C25H25N5O3. The summed E-state index contributed by atoms with van der Waals surface area (Å²) >= 11 is 0. The molecule has 8 nitrogen and oxygen atoms in total. The van der Waals surface area contributed by atoms with Crippen molar-refractivity contribution in [3.05, 3.63) is 78.9 Å². The van der Waals surface area contributed by atoms with Crippen LogP contribution in [0.3, 0.4) is 0 Å². The fraction of sp³-hybridized carbons (Fsp3) is 0.120. The number of ether oxygens (including phenoxy) is 3. The van der Waals surface area contributed by atoms with Gasteiger partial charge in [0.05, 0.1) is 21.3 Å². The van der Waals surface area contributed by atoms with Gasteiger partial charge in [-0.2, -0.15) is 9.97 Å². The van der Waals surface area contributed by atoms with Gasteiger partial charge in [0.2, 0.25) is 5.95 Å². The van der Waals surface area contributed by atoms with Gasteiger partial charge in [0.1, 0.15) is 28.9 Å². The third kappa shape index (κ3) is 5.82. The van der Waals surface area contributed by atoms with Gasteiger partial charge >= 0.3 is 0 Å². The van der Waals surface area contributed by atoms with Gasteiger partial charge in [0.25, 0.3) is 0 Å². The van der Waals surface area contributed by atoms with E-state index in [-0.39, 0.29) is 0 Å². The Morgan fingerprint density at radius 1 is 0.485 bits per heavy atom. The SMILES string of the molecule is COc1ccc(Nc2cc(Nc3ccc(OC)cc3)nc(Nc3ccc(OC)cc3)n2)cc1. The van der Waals surface area contributed by atoms with Crippen molar-refractivity contribution in [2.45, 2.75) is 0 Å². The molecule has 0 bridgehead atoms. The molecule has 33 heavy (non-hydrogen) atoms. The average Bonchev–Trinajstić information content (AvgIpc) is 2.85. The Kier molecular flexibility index (Phi) is 6.75. The van der Waals surface area contributed by atoms with Gasteiger partial charge in [0.15, 0.2) is 0 Å². The summed E-state index contributed by atoms with van der Waals surface area (Å²) in [5.41, 5.74) is 2.59. The minimum absolute atomic E-state index is 0.440. The van der Waals surface area contributed by atoms with Crippen molar-refractivity contribution < 1.29 is 14.2 Å². The molecule has 0 atom stereocenters. The van der Waals surface area contributed by atoms with E-state index in [4.69, 9.17) is 14.2 Å². The highest BCUT2D eigenvalue weighted by Crippen LogP contribution is 2.26. The molecule has 0 aliphatic carbocycles. The Hall–Kier alpha value is -4.46. The summed E-state index contributed by atoms with van der Waals surface area (Å²) < 4.78 is 15.7. The number of nitrogens with zero attached hydrogens (tertiary/aromatic N) is 2. The van der Waals surface area contributed by atoms with Crippen molar-refractivity contribution >= 4 is 34.6 Å². The Bertz CT molecular complexity index is 1020. The Balaban J connectivity index is 1.61. The zero-order valence-corrected chi connectivity index (χ0v) is 18.6. The van der Waals surface area contributed by atoms with Crippen LogP contribution in [0.2, 0.25) is 0 Å². The summed E-state index contributed by atoms with van der Waals surface area (Å²) in [5.74, 6) is 4.04. The molecule has 168 valence electrons. The van der Waals surface area contributed by atoms with E-state index in [0.717, 1.165) is 34.3 Å². The predicted molar refractivity (Wildman–Crippen MR) is 131 cm³/mol. The maximum absolute atomic E-state index is 5.23. The smallest absolute Gasteiger partial charge is 0.231 e. The molecule has 4 aromatic rings. The first-order chi connectivity index (χ1) is 16.1. The summed E-state index contributed by atoms with van der Waals surface area (Å²) in [7, 11) is 4.92. The first kappa shape index (κ1) is 21.8. The van der Waals surface area contributed by atoms with Gasteiger partial charge in [-0.1, -0.05) is 0 Å². The van der Waals surface area contributed by atoms with E-state index in [1.54, 1.807) is 21.3 Å². The highest BCUT2D eigenvalue weighted by Gasteiger charge is 2.08. The minimum Gasteiger partial charge on any atom is -0.497 e. The zero-order chi connectivity index (χ0) is 23.0. The number of anilines is 6. The minimum atomic E-state index is 0.440. The Labute approximate surface area is 192 Å². The van der Waals surface area contributed by atoms with Crippen molar-refractivity contribution in [2.24, 2.45) is 0 Å². The van der Waals surface area contributed by atoms with Crippen LogP contribution in [-0.2, 0) is 0 Å². The molecule has 0 aliphatic heterocycles. The second-order valence-corrected chi connectivity index (χ2v) is 7.02. The number of aromatic nitrogens is 2. The number of hydrogen-bond donors (Lipinski definition) is 3. The number of rotatable bonds is 9. The van der Waals surface area contributed by atoms with Crippen molar-refractivity contribution in [3.8, 4) is 17.2 Å². The molecule has 0 unspecified atom stereocenters. The molecule has 1 aromatic heterocycles. The van der Waals surface area contributed by atoms with Crippen molar-refractivity contribution in [3.63, 3.8) is 0 Å². The van der Waals surface area contributed by atoms with Crippen LogP contribution in [0.1, 0.15) is 0 Å². The normalized spacial score (nSPS) is 10.3. The second kappa shape index (κ2) is 10.2. The highest BCUT2D eigenvalue weighted by atomic mass is 16.5. The number of nitrogens with one attached hydrogen (secondary N) is 3. The van der Waals surface area contributed by atoms with Crippen LogP contribution in [0.25, 0.3) is 0 Å². The summed E-state index contributed by atoms with van der Waals surface area (Å²) in [5, 5.41) is 9.88. The van der Waals surface area contributed by atoms with Gasteiger partial charge in [-0.25, -0.2) is 0 Å². The molecule has 0 saturated heterocycles. The maximum atomic E-state index is 5.23. The van der Waals surface area contributed by atoms with E-state index in [1.807, 2.05) is 78.9 Å². The van der Waals surface area contributed by atoms with E-state index in [0.29, 0.717) is 17.6 Å². The molecule has 3 aromatic carbocycles. The molecule has 0 amide bonds. The first-order valence-electron chi connectivity index (χ1n) is 10.3. The lowest BCUT2D eigenvalue weighted by Crippen LogP contribution is -2.04. The molecule has 3 N–H and O–H groups in total.